The molecule has 1 atom stereocenters. The molecule has 398 valence electrons. The Bertz CT molecular complexity index is 1040. The Morgan fingerprint density at radius 1 is 0.254 bits per heavy atom. The minimum absolute atomic E-state index is 0.0632. The highest BCUT2D eigenvalue weighted by Gasteiger charge is 2.19. The molecule has 0 amide bonds. The van der Waals surface area contributed by atoms with E-state index in [1.165, 1.54) is 218 Å². The van der Waals surface area contributed by atoms with Gasteiger partial charge in [-0.1, -0.05) is 298 Å². The molecule has 0 aromatic carbocycles. The predicted molar refractivity (Wildman–Crippen MR) is 289 cm³/mol. The van der Waals surface area contributed by atoms with Gasteiger partial charge in [-0.15, -0.1) is 0 Å². The topological polar surface area (TPSA) is 78.9 Å². The summed E-state index contributed by atoms with van der Waals surface area (Å²) in [7, 11) is 0. The normalized spacial score (nSPS) is 12.1. The molecule has 0 aromatic heterocycles. The SMILES string of the molecule is CC(C)CCCCCCCCCCCCCCCCCC(=O)OC[C@H](COC(=O)CCCCCCCCCCCCC(C)C)OC(=O)CCCCCCCCCCCCCCCCCC(C)C. The average Bonchev–Trinajstić information content (AvgIpc) is 3.29. The highest BCUT2D eigenvalue weighted by atomic mass is 16.6. The van der Waals surface area contributed by atoms with Crippen molar-refractivity contribution in [2.24, 2.45) is 17.8 Å². The number of hydrogen-bond acceptors (Lipinski definition) is 6. The molecule has 0 heterocycles. The van der Waals surface area contributed by atoms with E-state index in [1.807, 2.05) is 0 Å². The fraction of sp³-hybridized carbons (Fsp3) is 0.951. The Hall–Kier alpha value is -1.59. The molecule has 0 spiro atoms. The second kappa shape index (κ2) is 52.2. The third kappa shape index (κ3) is 55.2. The van der Waals surface area contributed by atoms with Crippen LogP contribution in [0.3, 0.4) is 0 Å². The van der Waals surface area contributed by atoms with Gasteiger partial charge in [-0.2, -0.15) is 0 Å². The van der Waals surface area contributed by atoms with Crippen LogP contribution in [0.1, 0.15) is 337 Å². The summed E-state index contributed by atoms with van der Waals surface area (Å²) in [6.07, 6.45) is 55.3. The zero-order valence-corrected chi connectivity index (χ0v) is 46.2. The number of carbonyl (C=O) groups is 3. The Balaban J connectivity index is 4.28. The van der Waals surface area contributed by atoms with Crippen LogP contribution in [0, 0.1) is 17.8 Å². The molecule has 0 aliphatic heterocycles. The Morgan fingerprint density at radius 2 is 0.433 bits per heavy atom. The van der Waals surface area contributed by atoms with Crippen molar-refractivity contribution in [3.05, 3.63) is 0 Å². The molecule has 0 aromatic rings. The maximum absolute atomic E-state index is 12.9. The zero-order chi connectivity index (χ0) is 49.1. The first-order valence-corrected chi connectivity index (χ1v) is 30.1. The molecule has 0 bridgehead atoms. The van der Waals surface area contributed by atoms with Crippen LogP contribution in [0.4, 0.5) is 0 Å². The number of hydrogen-bond donors (Lipinski definition) is 0. The molecule has 0 aliphatic carbocycles. The minimum atomic E-state index is -0.764. The number of esters is 3. The molecular weight excluding hydrogens is 829 g/mol. The summed E-state index contributed by atoms with van der Waals surface area (Å²) in [6, 6.07) is 0. The Morgan fingerprint density at radius 3 is 0.642 bits per heavy atom. The van der Waals surface area contributed by atoms with Gasteiger partial charge >= 0.3 is 17.9 Å². The van der Waals surface area contributed by atoms with Crippen LogP contribution in [0.5, 0.6) is 0 Å². The minimum Gasteiger partial charge on any atom is -0.462 e. The molecule has 0 N–H and O–H groups in total. The van der Waals surface area contributed by atoms with Crippen molar-refractivity contribution in [1.29, 1.82) is 0 Å². The number of carbonyl (C=O) groups excluding carboxylic acids is 3. The first-order valence-electron chi connectivity index (χ1n) is 30.1. The fourth-order valence-electron chi connectivity index (χ4n) is 9.35. The molecule has 67 heavy (non-hydrogen) atoms. The Labute approximate surface area is 418 Å². The van der Waals surface area contributed by atoms with Crippen molar-refractivity contribution >= 4 is 17.9 Å². The van der Waals surface area contributed by atoms with E-state index in [0.717, 1.165) is 75.5 Å². The van der Waals surface area contributed by atoms with Crippen LogP contribution < -0.4 is 0 Å². The van der Waals surface area contributed by atoms with E-state index >= 15 is 0 Å². The van der Waals surface area contributed by atoms with Crippen molar-refractivity contribution in [1.82, 2.24) is 0 Å². The van der Waals surface area contributed by atoms with Gasteiger partial charge in [0.15, 0.2) is 6.10 Å². The fourth-order valence-corrected chi connectivity index (χ4v) is 9.35. The quantitative estimate of drug-likeness (QED) is 0.0343. The molecule has 0 radical (unpaired) electrons. The summed E-state index contributed by atoms with van der Waals surface area (Å²) in [5.74, 6) is 1.67. The van der Waals surface area contributed by atoms with Gasteiger partial charge in [0.25, 0.3) is 0 Å². The summed E-state index contributed by atoms with van der Waals surface area (Å²) in [5.41, 5.74) is 0. The molecular formula is C61H118O6. The van der Waals surface area contributed by atoms with Gasteiger partial charge in [0.05, 0.1) is 0 Å². The maximum atomic E-state index is 12.9. The zero-order valence-electron chi connectivity index (χ0n) is 46.2. The lowest BCUT2D eigenvalue weighted by molar-refractivity contribution is -0.167. The third-order valence-corrected chi connectivity index (χ3v) is 13.9. The van der Waals surface area contributed by atoms with Crippen molar-refractivity contribution in [2.45, 2.75) is 343 Å². The van der Waals surface area contributed by atoms with Crippen LogP contribution in [0.2, 0.25) is 0 Å². The van der Waals surface area contributed by atoms with Crippen molar-refractivity contribution in [3.63, 3.8) is 0 Å². The maximum Gasteiger partial charge on any atom is 0.306 e. The first-order chi connectivity index (χ1) is 32.6. The lowest BCUT2D eigenvalue weighted by Crippen LogP contribution is -2.30. The van der Waals surface area contributed by atoms with E-state index in [2.05, 4.69) is 41.5 Å². The summed E-state index contributed by atoms with van der Waals surface area (Å²) in [5, 5.41) is 0. The molecule has 0 aliphatic rings. The summed E-state index contributed by atoms with van der Waals surface area (Å²) < 4.78 is 16.9. The van der Waals surface area contributed by atoms with Gasteiger partial charge in [0, 0.05) is 19.3 Å². The monoisotopic (exact) mass is 947 g/mol. The first kappa shape index (κ1) is 65.4. The second-order valence-corrected chi connectivity index (χ2v) is 22.4. The van der Waals surface area contributed by atoms with Crippen LogP contribution in [-0.4, -0.2) is 37.2 Å². The highest BCUT2D eigenvalue weighted by Crippen LogP contribution is 2.19. The molecule has 0 rings (SSSR count). The Kier molecular flexibility index (Phi) is 51.0. The van der Waals surface area contributed by atoms with Gasteiger partial charge in [-0.25, -0.2) is 0 Å². The van der Waals surface area contributed by atoms with Gasteiger partial charge in [-0.3, -0.25) is 14.4 Å². The van der Waals surface area contributed by atoms with E-state index in [4.69, 9.17) is 14.2 Å². The van der Waals surface area contributed by atoms with Crippen LogP contribution in [0.15, 0.2) is 0 Å². The number of ether oxygens (including phenoxy) is 3. The van der Waals surface area contributed by atoms with Crippen LogP contribution >= 0.6 is 0 Å². The predicted octanol–water partition coefficient (Wildman–Crippen LogP) is 19.9. The van der Waals surface area contributed by atoms with Gasteiger partial charge in [-0.05, 0) is 37.0 Å². The van der Waals surface area contributed by atoms with Gasteiger partial charge in [0.1, 0.15) is 13.2 Å². The van der Waals surface area contributed by atoms with Gasteiger partial charge in [0.2, 0.25) is 0 Å². The molecule has 6 nitrogen and oxygen atoms in total. The third-order valence-electron chi connectivity index (χ3n) is 13.9. The lowest BCUT2D eigenvalue weighted by atomic mass is 10.0. The van der Waals surface area contributed by atoms with E-state index in [-0.39, 0.29) is 31.1 Å². The molecule has 6 heteroatoms. The summed E-state index contributed by atoms with van der Waals surface area (Å²) >= 11 is 0. The smallest absolute Gasteiger partial charge is 0.306 e. The number of unbranched alkanes of at least 4 members (excludes halogenated alkanes) is 37. The van der Waals surface area contributed by atoms with Gasteiger partial charge < -0.3 is 14.2 Å². The summed E-state index contributed by atoms with van der Waals surface area (Å²) in [6.45, 7) is 13.8. The van der Waals surface area contributed by atoms with E-state index < -0.39 is 6.10 Å². The van der Waals surface area contributed by atoms with Crippen LogP contribution in [-0.2, 0) is 28.6 Å². The standard InChI is InChI=1S/C61H118O6/c1-55(2)47-41-35-29-23-17-13-9-7-11-15-19-26-32-38-44-50-59(62)65-53-58(54-66-60(63)51-45-39-33-27-22-21-25-31-37-43-49-57(5)6)67-61(64)52-46-40-34-28-20-16-12-8-10-14-18-24-30-36-42-48-56(3)4/h55-58H,7-54H2,1-6H3/t58-/m1/s1. The van der Waals surface area contributed by atoms with E-state index in [9.17, 15) is 14.4 Å². The van der Waals surface area contributed by atoms with E-state index in [0.29, 0.717) is 19.3 Å². The highest BCUT2D eigenvalue weighted by molar-refractivity contribution is 5.71. The average molecular weight is 948 g/mol. The van der Waals surface area contributed by atoms with Crippen LogP contribution in [0.25, 0.3) is 0 Å². The summed E-state index contributed by atoms with van der Waals surface area (Å²) in [4.78, 5) is 38.2. The second-order valence-electron chi connectivity index (χ2n) is 22.4. The van der Waals surface area contributed by atoms with Crippen molar-refractivity contribution in [2.75, 3.05) is 13.2 Å². The largest absolute Gasteiger partial charge is 0.462 e. The molecule has 0 saturated carbocycles. The molecule has 0 saturated heterocycles. The lowest BCUT2D eigenvalue weighted by Gasteiger charge is -2.18. The molecule has 0 fully saturated rings. The van der Waals surface area contributed by atoms with Crippen molar-refractivity contribution in [3.8, 4) is 0 Å². The van der Waals surface area contributed by atoms with E-state index in [1.54, 1.807) is 0 Å². The molecule has 0 unspecified atom stereocenters. The van der Waals surface area contributed by atoms with Crippen molar-refractivity contribution < 1.29 is 28.6 Å². The number of rotatable bonds is 54.